The lowest BCUT2D eigenvalue weighted by molar-refractivity contribution is -0.137. The zero-order valence-corrected chi connectivity index (χ0v) is 11.0. The molecule has 1 N–H and O–H groups in total. The third-order valence-corrected chi connectivity index (χ3v) is 3.83. The van der Waals surface area contributed by atoms with E-state index in [1.807, 2.05) is 4.72 Å². The van der Waals surface area contributed by atoms with Crippen molar-refractivity contribution in [3.05, 3.63) is 54.1 Å². The highest BCUT2D eigenvalue weighted by Gasteiger charge is 2.31. The fourth-order valence-electron chi connectivity index (χ4n) is 1.49. The second-order valence-corrected chi connectivity index (χ2v) is 5.68. The van der Waals surface area contributed by atoms with E-state index in [0.29, 0.717) is 6.07 Å². The van der Waals surface area contributed by atoms with Crippen LogP contribution in [-0.2, 0) is 16.2 Å². The Bertz CT molecular complexity index is 743. The predicted molar refractivity (Wildman–Crippen MR) is 66.4 cm³/mol. The van der Waals surface area contributed by atoms with Gasteiger partial charge in [-0.05, 0) is 30.3 Å². The minimum Gasteiger partial charge on any atom is -0.278 e. The van der Waals surface area contributed by atoms with E-state index in [1.54, 1.807) is 0 Å². The van der Waals surface area contributed by atoms with Crippen molar-refractivity contribution in [2.24, 2.45) is 0 Å². The lowest BCUT2D eigenvalue weighted by Crippen LogP contribution is -2.14. The highest BCUT2D eigenvalue weighted by atomic mass is 32.2. The van der Waals surface area contributed by atoms with E-state index >= 15 is 0 Å². The molecular formula is C12H8F4N2O2S. The molecule has 112 valence electrons. The lowest BCUT2D eigenvalue weighted by atomic mass is 10.2. The molecule has 9 heteroatoms. The summed E-state index contributed by atoms with van der Waals surface area (Å²) in [5.74, 6) is -0.808. The van der Waals surface area contributed by atoms with Crippen LogP contribution in [0.2, 0.25) is 0 Å². The van der Waals surface area contributed by atoms with Gasteiger partial charge in [-0.3, -0.25) is 4.72 Å². The van der Waals surface area contributed by atoms with Gasteiger partial charge in [0.2, 0.25) is 5.95 Å². The third kappa shape index (κ3) is 3.69. The number of sulfonamides is 1. The van der Waals surface area contributed by atoms with E-state index in [0.717, 1.165) is 36.5 Å². The Morgan fingerprint density at radius 3 is 2.38 bits per heavy atom. The van der Waals surface area contributed by atoms with E-state index in [2.05, 4.69) is 4.98 Å². The highest BCUT2D eigenvalue weighted by Crippen LogP contribution is 2.30. The van der Waals surface area contributed by atoms with Crippen LogP contribution in [0.3, 0.4) is 0 Å². The number of rotatable bonds is 3. The van der Waals surface area contributed by atoms with Gasteiger partial charge in [0.25, 0.3) is 10.0 Å². The van der Waals surface area contributed by atoms with Crippen molar-refractivity contribution in [2.45, 2.75) is 11.1 Å². The number of aromatic nitrogens is 1. The average Bonchev–Trinajstić information content (AvgIpc) is 2.40. The molecule has 1 aromatic carbocycles. The number of anilines is 1. The van der Waals surface area contributed by atoms with Crippen LogP contribution in [0.25, 0.3) is 0 Å². The van der Waals surface area contributed by atoms with Gasteiger partial charge < -0.3 is 0 Å². The number of halogens is 4. The van der Waals surface area contributed by atoms with E-state index in [-0.39, 0.29) is 5.69 Å². The number of hydrogen-bond acceptors (Lipinski definition) is 3. The SMILES string of the molecule is O=S(=O)(Nc1ccc(F)nc1)c1cccc(C(F)(F)F)c1. The Morgan fingerprint density at radius 2 is 1.81 bits per heavy atom. The maximum atomic E-state index is 12.6. The molecule has 0 bridgehead atoms. The van der Waals surface area contributed by atoms with Crippen molar-refractivity contribution in [2.75, 3.05) is 4.72 Å². The van der Waals surface area contributed by atoms with Gasteiger partial charge >= 0.3 is 6.18 Å². The van der Waals surface area contributed by atoms with Crippen molar-refractivity contribution >= 4 is 15.7 Å². The molecule has 4 nitrogen and oxygen atoms in total. The number of nitrogens with zero attached hydrogens (tertiary/aromatic N) is 1. The Kier molecular flexibility index (Phi) is 3.86. The standard InChI is InChI=1S/C12H8F4N2O2S/c13-11-5-4-9(7-17-11)18-21(19,20)10-3-1-2-8(6-10)12(14,15)16/h1-7,18H. The number of nitrogens with one attached hydrogen (secondary N) is 1. The van der Waals surface area contributed by atoms with E-state index < -0.39 is 32.6 Å². The zero-order chi connectivity index (χ0) is 15.7. The largest absolute Gasteiger partial charge is 0.416 e. The summed E-state index contributed by atoms with van der Waals surface area (Å²) in [6.07, 6.45) is -3.73. The summed E-state index contributed by atoms with van der Waals surface area (Å²) in [7, 11) is -4.22. The molecule has 0 unspecified atom stereocenters. The smallest absolute Gasteiger partial charge is 0.278 e. The average molecular weight is 320 g/mol. The maximum absolute atomic E-state index is 12.6. The first-order chi connectivity index (χ1) is 9.68. The van der Waals surface area contributed by atoms with Gasteiger partial charge in [-0.25, -0.2) is 13.4 Å². The van der Waals surface area contributed by atoms with Crippen LogP contribution in [0.1, 0.15) is 5.56 Å². The first-order valence-electron chi connectivity index (χ1n) is 5.50. The molecule has 0 aliphatic rings. The molecule has 1 heterocycles. The molecule has 0 aliphatic carbocycles. The fourth-order valence-corrected chi connectivity index (χ4v) is 2.58. The van der Waals surface area contributed by atoms with Gasteiger partial charge in [0, 0.05) is 0 Å². The quantitative estimate of drug-likeness (QED) is 0.698. The third-order valence-electron chi connectivity index (χ3n) is 2.45. The Balaban J connectivity index is 2.34. The first kappa shape index (κ1) is 15.2. The van der Waals surface area contributed by atoms with Crippen LogP contribution < -0.4 is 4.72 Å². The van der Waals surface area contributed by atoms with Crippen molar-refractivity contribution in [1.82, 2.24) is 4.98 Å². The summed E-state index contributed by atoms with van der Waals surface area (Å²) in [5.41, 5.74) is -1.14. The van der Waals surface area contributed by atoms with Crippen LogP contribution in [0, 0.1) is 5.95 Å². The van der Waals surface area contributed by atoms with E-state index in [4.69, 9.17) is 0 Å². The summed E-state index contributed by atoms with van der Waals surface area (Å²) < 4.78 is 76.2. The van der Waals surface area contributed by atoms with Gasteiger partial charge in [-0.15, -0.1) is 0 Å². The summed E-state index contributed by atoms with van der Waals surface area (Å²) in [4.78, 5) is 2.69. The minimum atomic E-state index is -4.65. The van der Waals surface area contributed by atoms with Crippen LogP contribution in [0.5, 0.6) is 0 Å². The van der Waals surface area contributed by atoms with Crippen molar-refractivity contribution in [1.29, 1.82) is 0 Å². The van der Waals surface area contributed by atoms with E-state index in [1.165, 1.54) is 0 Å². The van der Waals surface area contributed by atoms with E-state index in [9.17, 15) is 26.0 Å². The Hall–Kier alpha value is -2.16. The van der Waals surface area contributed by atoms with Gasteiger partial charge in [-0.2, -0.15) is 17.6 Å². The Morgan fingerprint density at radius 1 is 1.10 bits per heavy atom. The molecule has 0 spiro atoms. The van der Waals surface area contributed by atoms with Crippen LogP contribution in [-0.4, -0.2) is 13.4 Å². The molecule has 0 aliphatic heterocycles. The summed E-state index contributed by atoms with van der Waals surface area (Å²) in [6, 6.07) is 5.31. The number of pyridine rings is 1. The molecule has 2 aromatic rings. The molecule has 0 saturated carbocycles. The van der Waals surface area contributed by atoms with Gasteiger partial charge in [0.1, 0.15) is 0 Å². The topological polar surface area (TPSA) is 59.1 Å². The van der Waals surface area contributed by atoms with Gasteiger partial charge in [-0.1, -0.05) is 6.07 Å². The normalized spacial score (nSPS) is 12.2. The maximum Gasteiger partial charge on any atom is 0.416 e. The zero-order valence-electron chi connectivity index (χ0n) is 10.2. The van der Waals surface area contributed by atoms with Gasteiger partial charge in [0.05, 0.1) is 22.3 Å². The molecule has 0 amide bonds. The summed E-state index contributed by atoms with van der Waals surface area (Å²) >= 11 is 0. The van der Waals surface area contributed by atoms with Crippen molar-refractivity contribution in [3.63, 3.8) is 0 Å². The van der Waals surface area contributed by atoms with Crippen molar-refractivity contribution < 1.29 is 26.0 Å². The lowest BCUT2D eigenvalue weighted by Gasteiger charge is -2.10. The number of hydrogen-bond donors (Lipinski definition) is 1. The van der Waals surface area contributed by atoms with Crippen molar-refractivity contribution in [3.8, 4) is 0 Å². The fraction of sp³-hybridized carbons (Fsp3) is 0.0833. The summed E-state index contributed by atoms with van der Waals surface area (Å²) in [6.45, 7) is 0. The van der Waals surface area contributed by atoms with Crippen LogP contribution in [0.15, 0.2) is 47.5 Å². The first-order valence-corrected chi connectivity index (χ1v) is 6.98. The molecule has 0 saturated heterocycles. The van der Waals surface area contributed by atoms with Crippen LogP contribution in [0.4, 0.5) is 23.2 Å². The summed E-state index contributed by atoms with van der Waals surface area (Å²) in [5, 5.41) is 0. The predicted octanol–water partition coefficient (Wildman–Crippen LogP) is 3.04. The monoisotopic (exact) mass is 320 g/mol. The molecule has 21 heavy (non-hydrogen) atoms. The molecule has 0 fully saturated rings. The molecule has 2 rings (SSSR count). The molecule has 0 atom stereocenters. The second-order valence-electron chi connectivity index (χ2n) is 4.00. The molecule has 0 radical (unpaired) electrons. The number of alkyl halides is 3. The number of benzene rings is 1. The van der Waals surface area contributed by atoms with Crippen LogP contribution >= 0.6 is 0 Å². The second kappa shape index (κ2) is 5.32. The molecule has 1 aromatic heterocycles. The van der Waals surface area contributed by atoms with Gasteiger partial charge in [0.15, 0.2) is 0 Å². The molecular weight excluding hydrogens is 312 g/mol. The highest BCUT2D eigenvalue weighted by molar-refractivity contribution is 7.92. The minimum absolute atomic E-state index is 0.0613. The Labute approximate surface area is 117 Å².